The average molecular weight is 394 g/mol. The molecule has 0 aliphatic carbocycles. The van der Waals surface area contributed by atoms with E-state index in [9.17, 15) is 0 Å². The molecule has 0 aliphatic rings. The summed E-state index contributed by atoms with van der Waals surface area (Å²) in [5.41, 5.74) is 0. The predicted molar refractivity (Wildman–Crippen MR) is 131 cm³/mol. The smallest absolute Gasteiger partial charge is 0.0414 e. The Kier molecular flexibility index (Phi) is 25.0. The minimum Gasteiger partial charge on any atom is -0.0654 e. The average Bonchev–Trinajstić information content (AvgIpc) is 2.71. The van der Waals surface area contributed by atoms with Crippen LogP contribution in [0.2, 0.25) is 0 Å². The lowest BCUT2D eigenvalue weighted by molar-refractivity contribution is 0.372. The highest BCUT2D eigenvalue weighted by atomic mass is 14.1. The van der Waals surface area contributed by atoms with Gasteiger partial charge in [0.15, 0.2) is 0 Å². The normalized spacial score (nSPS) is 12.5. The molecule has 0 N–H and O–H groups in total. The Labute approximate surface area is 181 Å². The minimum absolute atomic E-state index is 1.00. The molecule has 0 spiro atoms. The summed E-state index contributed by atoms with van der Waals surface area (Å²) >= 11 is 0. The third kappa shape index (κ3) is 22.3. The van der Waals surface area contributed by atoms with Gasteiger partial charge in [-0.3, -0.25) is 0 Å². The number of rotatable bonds is 24. The molecule has 0 aromatic carbocycles. The summed E-state index contributed by atoms with van der Waals surface area (Å²) < 4.78 is 0. The Morgan fingerprint density at radius 3 is 1.00 bits per heavy atom. The molecule has 0 heterocycles. The standard InChI is InChI=1S/C28H57/c1-4-7-10-12-14-16-18-20-22-24-27-28(25-9-6-3)26-23-21-19-17-15-13-11-8-5-2/h28H,3-27H2,1-2H3. The van der Waals surface area contributed by atoms with Gasteiger partial charge in [0.2, 0.25) is 0 Å². The van der Waals surface area contributed by atoms with Gasteiger partial charge in [-0.15, -0.1) is 0 Å². The molecular weight excluding hydrogens is 336 g/mol. The van der Waals surface area contributed by atoms with Gasteiger partial charge in [0.05, 0.1) is 0 Å². The quantitative estimate of drug-likeness (QED) is 0.143. The molecule has 1 unspecified atom stereocenters. The van der Waals surface area contributed by atoms with E-state index >= 15 is 0 Å². The van der Waals surface area contributed by atoms with Crippen LogP contribution in [0.1, 0.15) is 168 Å². The molecule has 0 aromatic heterocycles. The highest BCUT2D eigenvalue weighted by molar-refractivity contribution is 4.62. The maximum absolute atomic E-state index is 4.07. The van der Waals surface area contributed by atoms with E-state index in [1.54, 1.807) is 0 Å². The Hall–Kier alpha value is 0. The van der Waals surface area contributed by atoms with Crippen LogP contribution in [0.5, 0.6) is 0 Å². The first-order valence-electron chi connectivity index (χ1n) is 13.6. The molecule has 0 amide bonds. The van der Waals surface area contributed by atoms with Gasteiger partial charge in [-0.25, -0.2) is 0 Å². The fourth-order valence-electron chi connectivity index (χ4n) is 4.53. The molecule has 0 bridgehead atoms. The molecule has 0 aromatic rings. The van der Waals surface area contributed by atoms with Crippen molar-refractivity contribution in [1.82, 2.24) is 0 Å². The van der Waals surface area contributed by atoms with E-state index in [2.05, 4.69) is 20.8 Å². The summed E-state index contributed by atoms with van der Waals surface area (Å²) in [6.07, 6.45) is 34.7. The molecule has 169 valence electrons. The summed E-state index contributed by atoms with van der Waals surface area (Å²) in [6, 6.07) is 0. The van der Waals surface area contributed by atoms with Crippen molar-refractivity contribution in [1.29, 1.82) is 0 Å². The van der Waals surface area contributed by atoms with Crippen molar-refractivity contribution in [2.45, 2.75) is 168 Å². The zero-order valence-corrected chi connectivity index (χ0v) is 20.3. The Morgan fingerprint density at radius 1 is 0.393 bits per heavy atom. The van der Waals surface area contributed by atoms with Gasteiger partial charge in [0.25, 0.3) is 0 Å². The maximum atomic E-state index is 4.07. The topological polar surface area (TPSA) is 0 Å². The van der Waals surface area contributed by atoms with Gasteiger partial charge in [0, 0.05) is 0 Å². The first kappa shape index (κ1) is 28.0. The van der Waals surface area contributed by atoms with Gasteiger partial charge in [-0.1, -0.05) is 175 Å². The molecule has 28 heavy (non-hydrogen) atoms. The first-order chi connectivity index (χ1) is 13.8. The first-order valence-corrected chi connectivity index (χ1v) is 13.6. The van der Waals surface area contributed by atoms with E-state index in [4.69, 9.17) is 0 Å². The molecule has 0 fully saturated rings. The van der Waals surface area contributed by atoms with E-state index in [-0.39, 0.29) is 0 Å². The fourth-order valence-corrected chi connectivity index (χ4v) is 4.53. The Balaban J connectivity index is 3.52. The van der Waals surface area contributed by atoms with Gasteiger partial charge in [0.1, 0.15) is 0 Å². The monoisotopic (exact) mass is 393 g/mol. The van der Waals surface area contributed by atoms with Gasteiger partial charge in [-0.2, -0.15) is 0 Å². The zero-order chi connectivity index (χ0) is 20.5. The molecule has 0 heteroatoms. The molecule has 0 rings (SSSR count). The van der Waals surface area contributed by atoms with E-state index in [1.165, 1.54) is 148 Å². The van der Waals surface area contributed by atoms with Crippen LogP contribution in [-0.4, -0.2) is 0 Å². The van der Waals surface area contributed by atoms with Crippen LogP contribution in [0, 0.1) is 12.8 Å². The van der Waals surface area contributed by atoms with E-state index in [0.29, 0.717) is 0 Å². The summed E-state index contributed by atoms with van der Waals surface area (Å²) in [6.45, 7) is 8.68. The maximum Gasteiger partial charge on any atom is -0.0414 e. The third-order valence-electron chi connectivity index (χ3n) is 6.54. The van der Waals surface area contributed by atoms with Crippen molar-refractivity contribution in [3.63, 3.8) is 0 Å². The number of hydrogen-bond acceptors (Lipinski definition) is 0. The van der Waals surface area contributed by atoms with Gasteiger partial charge in [-0.05, 0) is 5.92 Å². The van der Waals surface area contributed by atoms with Crippen molar-refractivity contribution in [3.05, 3.63) is 6.92 Å². The van der Waals surface area contributed by atoms with Crippen LogP contribution in [0.25, 0.3) is 0 Å². The van der Waals surface area contributed by atoms with E-state index in [1.807, 2.05) is 0 Å². The van der Waals surface area contributed by atoms with Crippen molar-refractivity contribution >= 4 is 0 Å². The third-order valence-corrected chi connectivity index (χ3v) is 6.54. The van der Waals surface area contributed by atoms with Crippen LogP contribution in [0.15, 0.2) is 0 Å². The molecule has 0 saturated heterocycles. The molecule has 0 aliphatic heterocycles. The fraction of sp³-hybridized carbons (Fsp3) is 0.964. The van der Waals surface area contributed by atoms with Crippen molar-refractivity contribution < 1.29 is 0 Å². The van der Waals surface area contributed by atoms with E-state index < -0.39 is 0 Å². The summed E-state index contributed by atoms with van der Waals surface area (Å²) in [7, 11) is 0. The van der Waals surface area contributed by atoms with Crippen LogP contribution in [0.4, 0.5) is 0 Å². The molecular formula is C28H57. The largest absolute Gasteiger partial charge is 0.0654 e. The highest BCUT2D eigenvalue weighted by Gasteiger charge is 2.08. The van der Waals surface area contributed by atoms with E-state index in [0.717, 1.165) is 12.3 Å². The summed E-state index contributed by atoms with van der Waals surface area (Å²) in [4.78, 5) is 0. The van der Waals surface area contributed by atoms with Crippen LogP contribution in [0.3, 0.4) is 0 Å². The molecule has 1 radical (unpaired) electrons. The second-order valence-corrected chi connectivity index (χ2v) is 9.45. The lowest BCUT2D eigenvalue weighted by Crippen LogP contribution is -2.01. The van der Waals surface area contributed by atoms with Crippen LogP contribution >= 0.6 is 0 Å². The second-order valence-electron chi connectivity index (χ2n) is 9.45. The molecule has 0 nitrogen and oxygen atoms in total. The minimum atomic E-state index is 1.00. The SMILES string of the molecule is [CH2]CCCC(CCCCCCCCCCC)CCCCCCCCCCCC. The van der Waals surface area contributed by atoms with Gasteiger partial charge < -0.3 is 0 Å². The number of hydrogen-bond donors (Lipinski definition) is 0. The molecule has 1 atom stereocenters. The Morgan fingerprint density at radius 2 is 0.679 bits per heavy atom. The summed E-state index contributed by atoms with van der Waals surface area (Å²) in [5, 5.41) is 0. The van der Waals surface area contributed by atoms with Crippen LogP contribution < -0.4 is 0 Å². The summed E-state index contributed by atoms with van der Waals surface area (Å²) in [5.74, 6) is 1.00. The van der Waals surface area contributed by atoms with Crippen molar-refractivity contribution in [2.24, 2.45) is 5.92 Å². The highest BCUT2D eigenvalue weighted by Crippen LogP contribution is 2.24. The lowest BCUT2D eigenvalue weighted by atomic mass is 9.90. The zero-order valence-electron chi connectivity index (χ0n) is 20.3. The lowest BCUT2D eigenvalue weighted by Gasteiger charge is -2.16. The van der Waals surface area contributed by atoms with Crippen molar-refractivity contribution in [2.75, 3.05) is 0 Å². The second kappa shape index (κ2) is 25.0. The Bertz CT molecular complexity index is 257. The molecule has 0 saturated carbocycles. The predicted octanol–water partition coefficient (Wildman–Crippen LogP) is 10.8. The number of unbranched alkanes of at least 4 members (excludes halogenated alkanes) is 18. The van der Waals surface area contributed by atoms with Crippen LogP contribution in [-0.2, 0) is 0 Å². The van der Waals surface area contributed by atoms with Gasteiger partial charge >= 0.3 is 0 Å². The van der Waals surface area contributed by atoms with Crippen molar-refractivity contribution in [3.8, 4) is 0 Å².